The van der Waals surface area contributed by atoms with E-state index in [0.717, 1.165) is 17.7 Å². The van der Waals surface area contributed by atoms with E-state index in [1.54, 1.807) is 24.3 Å². The Labute approximate surface area is 169 Å². The molecular formula is C21H20Cl2N2O2. The predicted molar refractivity (Wildman–Crippen MR) is 110 cm³/mol. The van der Waals surface area contributed by atoms with Crippen LogP contribution in [0.5, 0.6) is 5.75 Å². The van der Waals surface area contributed by atoms with Crippen LogP contribution < -0.4 is 10.1 Å². The molecule has 2 aromatic carbocycles. The largest absolute Gasteiger partial charge is 0.494 e. The average Bonchev–Trinajstić information content (AvgIpc) is 2.63. The molecule has 0 saturated heterocycles. The van der Waals surface area contributed by atoms with Crippen LogP contribution in [0, 0.1) is 17.2 Å². The molecule has 4 nitrogen and oxygen atoms in total. The standard InChI is InChI=1S/C21H20Cl2N2O2/c1-14(2)9-10-27-18-6-3-15(4-7-18)11-16(13-24)21(26)25-20-12-17(22)5-8-19(20)23/h3-8,11-12,14H,9-10H2,1-2H3,(H,25,26). The van der Waals surface area contributed by atoms with Crippen molar-refractivity contribution in [2.24, 2.45) is 5.92 Å². The van der Waals surface area contributed by atoms with Gasteiger partial charge in [-0.1, -0.05) is 49.2 Å². The van der Waals surface area contributed by atoms with Gasteiger partial charge in [0.05, 0.1) is 17.3 Å². The number of rotatable bonds is 7. The van der Waals surface area contributed by atoms with Crippen LogP contribution in [0.25, 0.3) is 6.08 Å². The number of nitrogens with zero attached hydrogens (tertiary/aromatic N) is 1. The number of ether oxygens (including phenoxy) is 1. The van der Waals surface area contributed by atoms with Crippen molar-refractivity contribution in [2.45, 2.75) is 20.3 Å². The highest BCUT2D eigenvalue weighted by atomic mass is 35.5. The van der Waals surface area contributed by atoms with Gasteiger partial charge in [-0.2, -0.15) is 5.26 Å². The fourth-order valence-electron chi connectivity index (χ4n) is 2.17. The lowest BCUT2D eigenvalue weighted by atomic mass is 10.1. The van der Waals surface area contributed by atoms with E-state index >= 15 is 0 Å². The second-order valence-electron chi connectivity index (χ2n) is 6.35. The molecule has 2 aromatic rings. The summed E-state index contributed by atoms with van der Waals surface area (Å²) in [5.74, 6) is 0.775. The van der Waals surface area contributed by atoms with Gasteiger partial charge in [-0.3, -0.25) is 4.79 Å². The van der Waals surface area contributed by atoms with E-state index in [4.69, 9.17) is 27.9 Å². The summed E-state index contributed by atoms with van der Waals surface area (Å²) in [6.07, 6.45) is 2.48. The second kappa shape index (κ2) is 10.0. The number of anilines is 1. The molecule has 0 heterocycles. The van der Waals surface area contributed by atoms with Gasteiger partial charge in [0.25, 0.3) is 5.91 Å². The smallest absolute Gasteiger partial charge is 0.266 e. The number of amides is 1. The summed E-state index contributed by atoms with van der Waals surface area (Å²) < 4.78 is 5.66. The monoisotopic (exact) mass is 402 g/mol. The van der Waals surface area contributed by atoms with E-state index < -0.39 is 5.91 Å². The van der Waals surface area contributed by atoms with Gasteiger partial charge in [-0.25, -0.2) is 0 Å². The summed E-state index contributed by atoms with van der Waals surface area (Å²) >= 11 is 11.9. The number of carbonyl (C=O) groups excluding carboxylic acids is 1. The van der Waals surface area contributed by atoms with Crippen LogP contribution in [0.2, 0.25) is 10.0 Å². The van der Waals surface area contributed by atoms with Gasteiger partial charge in [0.2, 0.25) is 0 Å². The Hall–Kier alpha value is -2.48. The molecule has 6 heteroatoms. The van der Waals surface area contributed by atoms with Gasteiger partial charge in [-0.05, 0) is 54.3 Å². The van der Waals surface area contributed by atoms with Gasteiger partial charge in [0.15, 0.2) is 0 Å². The summed E-state index contributed by atoms with van der Waals surface area (Å²) in [5.41, 5.74) is 1.03. The molecule has 0 spiro atoms. The van der Waals surface area contributed by atoms with Crippen LogP contribution in [0.1, 0.15) is 25.8 Å². The van der Waals surface area contributed by atoms with Crippen molar-refractivity contribution in [3.8, 4) is 11.8 Å². The van der Waals surface area contributed by atoms with Crippen LogP contribution in [-0.2, 0) is 4.79 Å². The van der Waals surface area contributed by atoms with Crippen LogP contribution in [0.4, 0.5) is 5.69 Å². The Morgan fingerprint density at radius 1 is 1.22 bits per heavy atom. The lowest BCUT2D eigenvalue weighted by molar-refractivity contribution is -0.112. The molecule has 0 unspecified atom stereocenters. The van der Waals surface area contributed by atoms with Crippen molar-refractivity contribution in [3.05, 3.63) is 63.6 Å². The fourth-order valence-corrected chi connectivity index (χ4v) is 2.51. The normalized spacial score (nSPS) is 11.2. The van der Waals surface area contributed by atoms with Gasteiger partial charge in [0, 0.05) is 5.02 Å². The topological polar surface area (TPSA) is 62.1 Å². The van der Waals surface area contributed by atoms with E-state index in [1.165, 1.54) is 12.1 Å². The van der Waals surface area contributed by atoms with Gasteiger partial charge >= 0.3 is 0 Å². The molecular weight excluding hydrogens is 383 g/mol. The number of carbonyl (C=O) groups is 1. The van der Waals surface area contributed by atoms with Crippen molar-refractivity contribution < 1.29 is 9.53 Å². The molecule has 140 valence electrons. The second-order valence-corrected chi connectivity index (χ2v) is 7.19. The van der Waals surface area contributed by atoms with E-state index in [-0.39, 0.29) is 5.57 Å². The number of hydrogen-bond acceptors (Lipinski definition) is 3. The van der Waals surface area contributed by atoms with Gasteiger partial charge in [0.1, 0.15) is 17.4 Å². The molecule has 0 aliphatic carbocycles. The first-order valence-corrected chi connectivity index (χ1v) is 9.25. The molecule has 0 aromatic heterocycles. The Bertz CT molecular complexity index is 869. The van der Waals surface area contributed by atoms with E-state index in [1.807, 2.05) is 18.2 Å². The highest BCUT2D eigenvalue weighted by Gasteiger charge is 2.12. The first-order valence-electron chi connectivity index (χ1n) is 8.50. The third-order valence-electron chi connectivity index (χ3n) is 3.70. The molecule has 0 atom stereocenters. The van der Waals surface area contributed by atoms with E-state index in [2.05, 4.69) is 19.2 Å². The van der Waals surface area contributed by atoms with Gasteiger partial charge < -0.3 is 10.1 Å². The van der Waals surface area contributed by atoms with Crippen LogP contribution in [-0.4, -0.2) is 12.5 Å². The molecule has 0 aliphatic heterocycles. The Balaban J connectivity index is 2.07. The highest BCUT2D eigenvalue weighted by molar-refractivity contribution is 6.36. The zero-order valence-electron chi connectivity index (χ0n) is 15.1. The van der Waals surface area contributed by atoms with E-state index in [9.17, 15) is 10.1 Å². The molecule has 0 radical (unpaired) electrons. The first kappa shape index (κ1) is 20.8. The Morgan fingerprint density at radius 3 is 2.56 bits per heavy atom. The molecule has 1 N–H and O–H groups in total. The van der Waals surface area contributed by atoms with Crippen molar-refractivity contribution in [3.63, 3.8) is 0 Å². The molecule has 0 aliphatic rings. The van der Waals surface area contributed by atoms with Crippen molar-refractivity contribution in [1.82, 2.24) is 0 Å². The molecule has 0 fully saturated rings. The van der Waals surface area contributed by atoms with Crippen molar-refractivity contribution in [1.29, 1.82) is 5.26 Å². The summed E-state index contributed by atoms with van der Waals surface area (Å²) in [4.78, 5) is 12.4. The van der Waals surface area contributed by atoms with Crippen LogP contribution in [0.15, 0.2) is 48.0 Å². The zero-order valence-corrected chi connectivity index (χ0v) is 16.6. The summed E-state index contributed by atoms with van der Waals surface area (Å²) in [7, 11) is 0. The van der Waals surface area contributed by atoms with E-state index in [0.29, 0.717) is 28.3 Å². The molecule has 1 amide bonds. The number of nitrogens with one attached hydrogen (secondary N) is 1. The summed E-state index contributed by atoms with van der Waals surface area (Å²) in [5, 5.41) is 12.7. The number of nitriles is 1. The third kappa shape index (κ3) is 6.63. The number of halogens is 2. The maximum atomic E-state index is 12.4. The fraction of sp³-hybridized carbons (Fsp3) is 0.238. The zero-order chi connectivity index (χ0) is 19.8. The minimum Gasteiger partial charge on any atom is -0.494 e. The quantitative estimate of drug-likeness (QED) is 0.458. The average molecular weight is 403 g/mol. The number of benzene rings is 2. The highest BCUT2D eigenvalue weighted by Crippen LogP contribution is 2.26. The molecule has 0 saturated carbocycles. The SMILES string of the molecule is CC(C)CCOc1ccc(C=C(C#N)C(=O)Nc2cc(Cl)ccc2Cl)cc1. The third-order valence-corrected chi connectivity index (χ3v) is 4.26. The minimum absolute atomic E-state index is 0.0421. The number of hydrogen-bond donors (Lipinski definition) is 1. The molecule has 0 bridgehead atoms. The predicted octanol–water partition coefficient (Wildman–Crippen LogP) is 5.96. The van der Waals surface area contributed by atoms with Gasteiger partial charge in [-0.15, -0.1) is 0 Å². The lowest BCUT2D eigenvalue weighted by Crippen LogP contribution is -2.13. The summed E-state index contributed by atoms with van der Waals surface area (Å²) in [6, 6.07) is 13.8. The van der Waals surface area contributed by atoms with Crippen LogP contribution >= 0.6 is 23.2 Å². The Kier molecular flexibility index (Phi) is 7.72. The minimum atomic E-state index is -0.557. The molecule has 2 rings (SSSR count). The Morgan fingerprint density at radius 2 is 1.93 bits per heavy atom. The lowest BCUT2D eigenvalue weighted by Gasteiger charge is -2.08. The molecule has 27 heavy (non-hydrogen) atoms. The first-order chi connectivity index (χ1) is 12.9. The van der Waals surface area contributed by atoms with Crippen molar-refractivity contribution in [2.75, 3.05) is 11.9 Å². The summed E-state index contributed by atoms with van der Waals surface area (Å²) in [6.45, 7) is 4.93. The maximum absolute atomic E-state index is 12.4. The maximum Gasteiger partial charge on any atom is 0.266 e. The van der Waals surface area contributed by atoms with Crippen molar-refractivity contribution >= 4 is 40.9 Å². The van der Waals surface area contributed by atoms with Crippen LogP contribution in [0.3, 0.4) is 0 Å².